The van der Waals surface area contributed by atoms with Crippen LogP contribution in [0.15, 0.2) is 57.9 Å². The van der Waals surface area contributed by atoms with Crippen LogP contribution in [0.3, 0.4) is 0 Å². The van der Waals surface area contributed by atoms with Gasteiger partial charge in [0.25, 0.3) is 5.91 Å². The number of hydrogen-bond donors (Lipinski definition) is 1. The fraction of sp³-hybridized carbons (Fsp3) is 0.211. The summed E-state index contributed by atoms with van der Waals surface area (Å²) >= 11 is 0. The molecule has 6 heteroatoms. The molecule has 0 unspecified atom stereocenters. The molecule has 1 amide bonds. The van der Waals surface area contributed by atoms with E-state index in [-0.39, 0.29) is 5.91 Å². The first-order valence-corrected chi connectivity index (χ1v) is 7.92. The zero-order chi connectivity index (χ0) is 17.8. The quantitative estimate of drug-likeness (QED) is 0.723. The molecule has 0 saturated carbocycles. The SMILES string of the molecule is Cc1cc(=O)oc2cc(O[C@H](C)C(=O)NCc3ccccn3)ccc12. The first kappa shape index (κ1) is 16.7. The number of benzene rings is 1. The lowest BCUT2D eigenvalue weighted by molar-refractivity contribution is -0.127. The van der Waals surface area contributed by atoms with E-state index in [9.17, 15) is 9.59 Å². The van der Waals surface area contributed by atoms with E-state index in [0.29, 0.717) is 17.9 Å². The van der Waals surface area contributed by atoms with Crippen molar-refractivity contribution < 1.29 is 13.9 Å². The first-order chi connectivity index (χ1) is 12.0. The molecule has 0 aliphatic heterocycles. The lowest BCUT2D eigenvalue weighted by Crippen LogP contribution is -2.36. The third-order valence-corrected chi connectivity index (χ3v) is 3.77. The number of carbonyl (C=O) groups excluding carboxylic acids is 1. The monoisotopic (exact) mass is 338 g/mol. The number of ether oxygens (including phenoxy) is 1. The number of hydrogen-bond acceptors (Lipinski definition) is 5. The summed E-state index contributed by atoms with van der Waals surface area (Å²) in [6.07, 6.45) is 0.976. The highest BCUT2D eigenvalue weighted by Crippen LogP contribution is 2.22. The molecule has 2 aromatic heterocycles. The molecular weight excluding hydrogens is 320 g/mol. The van der Waals surface area contributed by atoms with E-state index in [2.05, 4.69) is 10.3 Å². The second-order valence-corrected chi connectivity index (χ2v) is 5.71. The van der Waals surface area contributed by atoms with E-state index in [1.165, 1.54) is 6.07 Å². The Labute approximate surface area is 144 Å². The zero-order valence-corrected chi connectivity index (χ0v) is 14.0. The van der Waals surface area contributed by atoms with E-state index in [1.807, 2.05) is 25.1 Å². The predicted molar refractivity (Wildman–Crippen MR) is 93.4 cm³/mol. The maximum atomic E-state index is 12.2. The summed E-state index contributed by atoms with van der Waals surface area (Å²) in [5.74, 6) is 0.207. The van der Waals surface area contributed by atoms with Gasteiger partial charge in [0.2, 0.25) is 0 Å². The molecule has 3 rings (SSSR count). The van der Waals surface area contributed by atoms with Crippen molar-refractivity contribution in [1.29, 1.82) is 0 Å². The number of aryl methyl sites for hydroxylation is 1. The maximum Gasteiger partial charge on any atom is 0.336 e. The molecule has 0 bridgehead atoms. The van der Waals surface area contributed by atoms with Crippen molar-refractivity contribution in [2.24, 2.45) is 0 Å². The summed E-state index contributed by atoms with van der Waals surface area (Å²) in [6, 6.07) is 12.1. The number of nitrogens with zero attached hydrogens (tertiary/aromatic N) is 1. The molecule has 2 heterocycles. The van der Waals surface area contributed by atoms with Crippen molar-refractivity contribution in [3.8, 4) is 5.75 Å². The van der Waals surface area contributed by atoms with Crippen LogP contribution in [0.5, 0.6) is 5.75 Å². The molecule has 128 valence electrons. The van der Waals surface area contributed by atoms with Gasteiger partial charge in [-0.25, -0.2) is 4.79 Å². The number of aromatic nitrogens is 1. The highest BCUT2D eigenvalue weighted by Gasteiger charge is 2.15. The minimum Gasteiger partial charge on any atom is -0.481 e. The summed E-state index contributed by atoms with van der Waals surface area (Å²) in [6.45, 7) is 3.83. The van der Waals surface area contributed by atoms with Crippen molar-refractivity contribution in [2.45, 2.75) is 26.5 Å². The van der Waals surface area contributed by atoms with Gasteiger partial charge in [-0.3, -0.25) is 9.78 Å². The molecule has 0 fully saturated rings. The fourth-order valence-electron chi connectivity index (χ4n) is 2.46. The number of rotatable bonds is 5. The lowest BCUT2D eigenvalue weighted by atomic mass is 10.1. The Morgan fingerprint density at radius 3 is 2.88 bits per heavy atom. The minimum atomic E-state index is -0.697. The molecule has 0 aliphatic rings. The molecular formula is C19H18N2O4. The van der Waals surface area contributed by atoms with E-state index < -0.39 is 11.7 Å². The Kier molecular flexibility index (Phi) is 4.79. The maximum absolute atomic E-state index is 12.2. The zero-order valence-electron chi connectivity index (χ0n) is 14.0. The molecule has 0 radical (unpaired) electrons. The topological polar surface area (TPSA) is 81.4 Å². The summed E-state index contributed by atoms with van der Waals surface area (Å²) in [7, 11) is 0. The highest BCUT2D eigenvalue weighted by atomic mass is 16.5. The van der Waals surface area contributed by atoms with Crippen LogP contribution in [0.25, 0.3) is 11.0 Å². The Hall–Kier alpha value is -3.15. The highest BCUT2D eigenvalue weighted by molar-refractivity contribution is 5.82. The molecule has 0 saturated heterocycles. The Balaban J connectivity index is 1.67. The average Bonchev–Trinajstić information content (AvgIpc) is 2.60. The van der Waals surface area contributed by atoms with Gasteiger partial charge in [0.15, 0.2) is 6.10 Å². The summed E-state index contributed by atoms with van der Waals surface area (Å²) < 4.78 is 10.8. The number of nitrogens with one attached hydrogen (secondary N) is 1. The van der Waals surface area contributed by atoms with Gasteiger partial charge in [0.1, 0.15) is 11.3 Å². The molecule has 0 aliphatic carbocycles. The van der Waals surface area contributed by atoms with Crippen molar-refractivity contribution in [2.75, 3.05) is 0 Å². The van der Waals surface area contributed by atoms with Gasteiger partial charge in [-0.1, -0.05) is 6.07 Å². The van der Waals surface area contributed by atoms with Crippen LogP contribution in [0.1, 0.15) is 18.2 Å². The van der Waals surface area contributed by atoms with Crippen LogP contribution in [0.2, 0.25) is 0 Å². The molecule has 1 aromatic carbocycles. The molecule has 1 atom stereocenters. The molecule has 0 spiro atoms. The van der Waals surface area contributed by atoms with Gasteiger partial charge < -0.3 is 14.5 Å². The van der Waals surface area contributed by atoms with Crippen LogP contribution in [-0.4, -0.2) is 17.0 Å². The number of carbonyl (C=O) groups is 1. The third kappa shape index (κ3) is 4.03. The van der Waals surface area contributed by atoms with Crippen LogP contribution >= 0.6 is 0 Å². The molecule has 25 heavy (non-hydrogen) atoms. The van der Waals surface area contributed by atoms with Crippen molar-refractivity contribution >= 4 is 16.9 Å². The fourth-order valence-corrected chi connectivity index (χ4v) is 2.46. The van der Waals surface area contributed by atoms with Crippen LogP contribution in [0.4, 0.5) is 0 Å². The Bertz CT molecular complexity index is 951. The molecule has 3 aromatic rings. The van der Waals surface area contributed by atoms with E-state index in [1.54, 1.807) is 31.3 Å². The number of fused-ring (bicyclic) bond motifs is 1. The van der Waals surface area contributed by atoms with Gasteiger partial charge in [0, 0.05) is 23.7 Å². The normalized spacial score (nSPS) is 11.9. The molecule has 1 N–H and O–H groups in total. The lowest BCUT2D eigenvalue weighted by Gasteiger charge is -2.15. The Morgan fingerprint density at radius 2 is 2.12 bits per heavy atom. The number of amides is 1. The van der Waals surface area contributed by atoms with Gasteiger partial charge in [-0.2, -0.15) is 0 Å². The molecule has 6 nitrogen and oxygen atoms in total. The van der Waals surface area contributed by atoms with Crippen LogP contribution in [0, 0.1) is 6.92 Å². The van der Waals surface area contributed by atoms with Crippen molar-refractivity contribution in [3.63, 3.8) is 0 Å². The van der Waals surface area contributed by atoms with Gasteiger partial charge in [-0.05, 0) is 43.7 Å². The van der Waals surface area contributed by atoms with E-state index in [4.69, 9.17) is 9.15 Å². The minimum absolute atomic E-state index is 0.253. The number of pyridine rings is 1. The van der Waals surface area contributed by atoms with Crippen molar-refractivity contribution in [3.05, 3.63) is 70.3 Å². The predicted octanol–water partition coefficient (Wildman–Crippen LogP) is 2.58. The van der Waals surface area contributed by atoms with Gasteiger partial charge >= 0.3 is 5.63 Å². The van der Waals surface area contributed by atoms with E-state index in [0.717, 1.165) is 16.6 Å². The second-order valence-electron chi connectivity index (χ2n) is 5.71. The standard InChI is InChI=1S/C19H18N2O4/c1-12-9-18(22)25-17-10-15(6-7-16(12)17)24-13(2)19(23)21-11-14-5-3-4-8-20-14/h3-10,13H,11H2,1-2H3,(H,21,23)/t13-/m1/s1. The van der Waals surface area contributed by atoms with Crippen LogP contribution in [-0.2, 0) is 11.3 Å². The second kappa shape index (κ2) is 7.17. The summed E-state index contributed by atoms with van der Waals surface area (Å²) in [5.41, 5.74) is 1.62. The summed E-state index contributed by atoms with van der Waals surface area (Å²) in [5, 5.41) is 3.61. The third-order valence-electron chi connectivity index (χ3n) is 3.77. The smallest absolute Gasteiger partial charge is 0.336 e. The van der Waals surface area contributed by atoms with E-state index >= 15 is 0 Å². The van der Waals surface area contributed by atoms with Gasteiger partial charge in [-0.15, -0.1) is 0 Å². The van der Waals surface area contributed by atoms with Crippen molar-refractivity contribution in [1.82, 2.24) is 10.3 Å². The Morgan fingerprint density at radius 1 is 1.28 bits per heavy atom. The van der Waals surface area contributed by atoms with Crippen LogP contribution < -0.4 is 15.7 Å². The van der Waals surface area contributed by atoms with Gasteiger partial charge in [0.05, 0.1) is 12.2 Å². The first-order valence-electron chi connectivity index (χ1n) is 7.92. The average molecular weight is 338 g/mol. The summed E-state index contributed by atoms with van der Waals surface area (Å²) in [4.78, 5) is 27.8. The largest absolute Gasteiger partial charge is 0.481 e.